The van der Waals surface area contributed by atoms with E-state index in [-0.39, 0.29) is 24.3 Å². The number of amides is 2. The molecule has 1 aromatic rings. The third kappa shape index (κ3) is 4.29. The van der Waals surface area contributed by atoms with Gasteiger partial charge in [-0.15, -0.1) is 0 Å². The molecule has 3 aliphatic rings. The van der Waals surface area contributed by atoms with Gasteiger partial charge in [-0.25, -0.2) is 20.0 Å². The normalized spacial score (nSPS) is 26.5. The Kier molecular flexibility index (Phi) is 5.28. The number of fused-ring (bicyclic) bond motifs is 2. The fraction of sp³-hybridized carbons (Fsp3) is 0.150. The first-order valence-corrected chi connectivity index (χ1v) is 8.89. The molecule has 2 amide bonds. The standard InChI is InChI=1S/C20H16N6O3/c27-16-6-2-9-29-14-5-1-4-13(10-14)23-11-15-17-18(22-8-3-7-21-16)24-12-25-19(17)26-20(15)28/h1-5,7-9,11-12,14H,6,10H2,(H,22,24,25,26,28)/b8-3+,9-2-,21-7+,23-11+. The minimum Gasteiger partial charge on any atom is -0.494 e. The summed E-state index contributed by atoms with van der Waals surface area (Å²) >= 11 is 0. The number of hydrogen-bond donors (Lipinski definition) is 1. The molecule has 0 spiro atoms. The van der Waals surface area contributed by atoms with Crippen LogP contribution in [-0.2, 0) is 14.3 Å². The summed E-state index contributed by atoms with van der Waals surface area (Å²) in [6.07, 6.45) is 16.2. The molecule has 144 valence electrons. The first-order valence-electron chi connectivity index (χ1n) is 8.89. The second-order valence-corrected chi connectivity index (χ2v) is 6.19. The molecule has 1 atom stereocenters. The molecule has 4 rings (SSSR count). The molecule has 1 aliphatic carbocycles. The number of nitrogens with one attached hydrogen (secondary N) is 1. The fourth-order valence-electron chi connectivity index (χ4n) is 2.83. The van der Waals surface area contributed by atoms with Crippen molar-refractivity contribution in [1.29, 1.82) is 0 Å². The minimum atomic E-state index is -0.325. The fourth-order valence-corrected chi connectivity index (χ4v) is 2.83. The Morgan fingerprint density at radius 2 is 2.07 bits per heavy atom. The van der Waals surface area contributed by atoms with E-state index in [1.165, 1.54) is 37.3 Å². The summed E-state index contributed by atoms with van der Waals surface area (Å²) in [4.78, 5) is 44.9. The molecule has 0 radical (unpaired) electrons. The maximum absolute atomic E-state index is 12.4. The number of carbonyl (C=O) groups is 2. The lowest BCUT2D eigenvalue weighted by molar-refractivity contribution is -0.117. The van der Waals surface area contributed by atoms with Crippen molar-refractivity contribution in [2.45, 2.75) is 18.9 Å². The Morgan fingerprint density at radius 3 is 3.00 bits per heavy atom. The van der Waals surface area contributed by atoms with Gasteiger partial charge in [-0.2, -0.15) is 0 Å². The molecule has 0 saturated carbocycles. The number of hydrogen-bond acceptors (Lipinski definition) is 7. The van der Waals surface area contributed by atoms with Crippen LogP contribution in [0.25, 0.3) is 5.57 Å². The van der Waals surface area contributed by atoms with E-state index in [2.05, 4.69) is 30.3 Å². The Hall–Kier alpha value is -4.01. The van der Waals surface area contributed by atoms with Crippen molar-refractivity contribution < 1.29 is 14.3 Å². The number of allylic oxidation sites excluding steroid dienone is 3. The summed E-state index contributed by atoms with van der Waals surface area (Å²) in [6.45, 7) is 0. The van der Waals surface area contributed by atoms with Crippen molar-refractivity contribution >= 4 is 35.6 Å². The van der Waals surface area contributed by atoms with Gasteiger partial charge in [0, 0.05) is 30.7 Å². The van der Waals surface area contributed by atoms with Crippen molar-refractivity contribution in [3.8, 4) is 0 Å². The van der Waals surface area contributed by atoms with Crippen LogP contribution in [0.15, 0.2) is 69.8 Å². The highest BCUT2D eigenvalue weighted by atomic mass is 16.5. The van der Waals surface area contributed by atoms with Crippen molar-refractivity contribution in [3.05, 3.63) is 65.6 Å². The van der Waals surface area contributed by atoms with Gasteiger partial charge in [-0.1, -0.05) is 6.08 Å². The van der Waals surface area contributed by atoms with Crippen LogP contribution in [0.2, 0.25) is 0 Å². The number of aliphatic imine (C=N–C) groups is 2. The number of nitrogens with zero attached hydrogens (tertiary/aromatic N) is 5. The first-order chi connectivity index (χ1) is 14.2. The summed E-state index contributed by atoms with van der Waals surface area (Å²) in [5, 5.41) is 3.16. The van der Waals surface area contributed by atoms with Crippen molar-refractivity contribution in [1.82, 2.24) is 9.97 Å². The summed E-state index contributed by atoms with van der Waals surface area (Å²) in [5.74, 6) is -0.261. The van der Waals surface area contributed by atoms with E-state index < -0.39 is 0 Å². The van der Waals surface area contributed by atoms with E-state index in [4.69, 9.17) is 4.74 Å². The van der Waals surface area contributed by atoms with E-state index in [1.54, 1.807) is 6.08 Å². The third-order valence-corrected chi connectivity index (χ3v) is 4.19. The van der Waals surface area contributed by atoms with Gasteiger partial charge in [0.1, 0.15) is 18.2 Å². The zero-order chi connectivity index (χ0) is 20.1. The number of aromatic nitrogens is 2. The van der Waals surface area contributed by atoms with Gasteiger partial charge >= 0.3 is 0 Å². The Balaban J connectivity index is 1.80. The van der Waals surface area contributed by atoms with E-state index in [1.807, 2.05) is 18.2 Å². The lowest BCUT2D eigenvalue weighted by atomic mass is 10.1. The number of carbonyl (C=O) groups excluding carboxylic acids is 2. The highest BCUT2D eigenvalue weighted by Gasteiger charge is 2.22. The number of rotatable bonds is 0. The monoisotopic (exact) mass is 388 g/mol. The predicted octanol–water partition coefficient (Wildman–Crippen LogP) is 0.527. The molecule has 2 aliphatic heterocycles. The smallest absolute Gasteiger partial charge is 0.259 e. The van der Waals surface area contributed by atoms with Crippen LogP contribution >= 0.6 is 0 Å². The molecule has 2 bridgehead atoms. The summed E-state index contributed by atoms with van der Waals surface area (Å²) in [5.41, 5.74) is 1.38. The van der Waals surface area contributed by atoms with Crippen LogP contribution in [0.4, 0.5) is 5.82 Å². The van der Waals surface area contributed by atoms with E-state index >= 15 is 0 Å². The topological polar surface area (TPSA) is 118 Å². The average molecular weight is 388 g/mol. The van der Waals surface area contributed by atoms with Crippen LogP contribution in [0, 0.1) is 0 Å². The Morgan fingerprint density at radius 1 is 1.14 bits per heavy atom. The van der Waals surface area contributed by atoms with Crippen LogP contribution in [0.1, 0.15) is 12.8 Å². The minimum absolute atomic E-state index is 0.129. The van der Waals surface area contributed by atoms with Crippen LogP contribution in [0.5, 0.6) is 0 Å². The first kappa shape index (κ1) is 18.4. The second kappa shape index (κ2) is 8.34. The number of ether oxygens (including phenoxy) is 1. The van der Waals surface area contributed by atoms with Crippen molar-refractivity contribution in [2.24, 2.45) is 15.0 Å². The van der Waals surface area contributed by atoms with E-state index in [0.29, 0.717) is 28.5 Å². The molecule has 1 N–H and O–H groups in total. The molecule has 3 heterocycles. The SMILES string of the molecule is O=C1C/C=C\OC2C=CC=C(C2)/N=C/C2=c3c(ncn\c3=N/C=C/C=N/1)NC2=O. The quantitative estimate of drug-likeness (QED) is 0.695. The van der Waals surface area contributed by atoms with Crippen LogP contribution in [0.3, 0.4) is 0 Å². The summed E-state index contributed by atoms with van der Waals surface area (Å²) < 4.78 is 5.63. The molecule has 1 aromatic heterocycles. The van der Waals surface area contributed by atoms with Gasteiger partial charge in [-0.3, -0.25) is 14.6 Å². The highest BCUT2D eigenvalue weighted by molar-refractivity contribution is 6.40. The Bertz CT molecular complexity index is 1160. The molecule has 0 fully saturated rings. The van der Waals surface area contributed by atoms with Crippen LogP contribution in [-0.4, -0.2) is 40.3 Å². The van der Waals surface area contributed by atoms with Crippen molar-refractivity contribution in [3.63, 3.8) is 0 Å². The Labute approximate surface area is 165 Å². The van der Waals surface area contributed by atoms with Gasteiger partial charge in [0.2, 0.25) is 5.91 Å². The molecule has 9 nitrogen and oxygen atoms in total. The van der Waals surface area contributed by atoms with E-state index in [0.717, 1.165) is 5.70 Å². The van der Waals surface area contributed by atoms with E-state index in [9.17, 15) is 9.59 Å². The largest absolute Gasteiger partial charge is 0.494 e. The van der Waals surface area contributed by atoms with Gasteiger partial charge in [-0.05, 0) is 24.3 Å². The third-order valence-electron chi connectivity index (χ3n) is 4.19. The molecule has 0 aromatic carbocycles. The lowest BCUT2D eigenvalue weighted by Crippen LogP contribution is -2.30. The van der Waals surface area contributed by atoms with Crippen LogP contribution < -0.4 is 16.0 Å². The van der Waals surface area contributed by atoms with Gasteiger partial charge in [0.15, 0.2) is 5.49 Å². The summed E-state index contributed by atoms with van der Waals surface area (Å²) in [7, 11) is 0. The molecule has 0 saturated heterocycles. The maximum atomic E-state index is 12.4. The summed E-state index contributed by atoms with van der Waals surface area (Å²) in [6, 6.07) is 0. The second-order valence-electron chi connectivity index (χ2n) is 6.19. The zero-order valence-electron chi connectivity index (χ0n) is 15.2. The highest BCUT2D eigenvalue weighted by Crippen LogP contribution is 2.17. The van der Waals surface area contributed by atoms with Crippen molar-refractivity contribution in [2.75, 3.05) is 5.32 Å². The molecular weight excluding hydrogens is 372 g/mol. The average Bonchev–Trinajstić information content (AvgIpc) is 3.05. The zero-order valence-corrected chi connectivity index (χ0v) is 15.2. The molecule has 9 heteroatoms. The predicted molar refractivity (Wildman–Crippen MR) is 106 cm³/mol. The molecule has 1 unspecified atom stereocenters. The lowest BCUT2D eigenvalue weighted by Gasteiger charge is -2.15. The maximum Gasteiger partial charge on any atom is 0.259 e. The molecular formula is C20H16N6O3. The molecule has 29 heavy (non-hydrogen) atoms. The van der Waals surface area contributed by atoms with Gasteiger partial charge < -0.3 is 10.1 Å². The number of anilines is 1. The van der Waals surface area contributed by atoms with Gasteiger partial charge in [0.25, 0.3) is 5.91 Å². The van der Waals surface area contributed by atoms with Gasteiger partial charge in [0.05, 0.1) is 23.5 Å².